The second kappa shape index (κ2) is 21.3. The summed E-state index contributed by atoms with van der Waals surface area (Å²) in [7, 11) is 0. The van der Waals surface area contributed by atoms with Gasteiger partial charge in [0.15, 0.2) is 0 Å². The fraction of sp³-hybridized carbons (Fsp3) is 0.135. The highest BCUT2D eigenvalue weighted by molar-refractivity contribution is 7.26. The molecule has 2 heterocycles. The fourth-order valence-corrected chi connectivity index (χ4v) is 14.2. The Morgan fingerprint density at radius 2 is 0.615 bits per heavy atom. The quantitative estimate of drug-likeness (QED) is 0.126. The zero-order valence-electron chi connectivity index (χ0n) is 45.8. The van der Waals surface area contributed by atoms with E-state index in [9.17, 15) is 0 Å². The number of nitrogens with zero attached hydrogens (tertiary/aromatic N) is 2. The second-order valence-electron chi connectivity index (χ2n) is 20.4. The molecule has 0 unspecified atom stereocenters. The lowest BCUT2D eigenvalue weighted by Gasteiger charge is -2.32. The van der Waals surface area contributed by atoms with Gasteiger partial charge in [-0.1, -0.05) is 225 Å². The second-order valence-corrected chi connectivity index (χ2v) is 22.5. The Morgan fingerprint density at radius 3 is 1.00 bits per heavy atom. The topological polar surface area (TPSA) is 6.48 Å². The van der Waals surface area contributed by atoms with Gasteiger partial charge in [-0.25, -0.2) is 0 Å². The zero-order chi connectivity index (χ0) is 53.6. The summed E-state index contributed by atoms with van der Waals surface area (Å²) in [5, 5.41) is 12.9. The number of benzene rings is 12. The van der Waals surface area contributed by atoms with Crippen LogP contribution in [-0.4, -0.2) is 0 Å². The molecular weight excluding hydrogens is 981 g/mol. The molecule has 0 N–H and O–H groups in total. The first-order valence-corrected chi connectivity index (χ1v) is 29.5. The highest BCUT2D eigenvalue weighted by atomic mass is 32.1. The molecule has 2 nitrogen and oxygen atoms in total. The molecule has 0 aliphatic rings. The minimum absolute atomic E-state index is 0.259. The molecule has 14 aromatic rings. The number of thiophene rings is 2. The normalized spacial score (nSPS) is 11.6. The first kappa shape index (κ1) is 50.5. The Morgan fingerprint density at radius 1 is 0.282 bits per heavy atom. The van der Waals surface area contributed by atoms with Crippen molar-refractivity contribution in [3.63, 3.8) is 0 Å². The van der Waals surface area contributed by atoms with Crippen molar-refractivity contribution in [3.8, 4) is 22.3 Å². The van der Waals surface area contributed by atoms with E-state index in [2.05, 4.69) is 268 Å². The van der Waals surface area contributed by atoms with Crippen molar-refractivity contribution in [1.82, 2.24) is 0 Å². The van der Waals surface area contributed by atoms with Crippen LogP contribution in [0, 0.1) is 0 Å². The molecule has 0 saturated carbocycles. The number of hydrogen-bond acceptors (Lipinski definition) is 4. The third-order valence-electron chi connectivity index (χ3n) is 15.4. The van der Waals surface area contributed by atoms with Crippen molar-refractivity contribution in [1.29, 1.82) is 0 Å². The largest absolute Gasteiger partial charge is 0.308 e. The minimum atomic E-state index is 0.259. The van der Waals surface area contributed by atoms with Crippen molar-refractivity contribution in [3.05, 3.63) is 242 Å². The lowest BCUT2D eigenvalue weighted by molar-refractivity contribution is 0.875. The molecule has 0 radical (unpaired) electrons. The average molecular weight is 1050 g/mol. The molecule has 382 valence electrons. The van der Waals surface area contributed by atoms with Crippen LogP contribution in [0.5, 0.6) is 0 Å². The highest BCUT2D eigenvalue weighted by Crippen LogP contribution is 2.54. The van der Waals surface area contributed by atoms with Gasteiger partial charge in [-0.2, -0.15) is 0 Å². The monoisotopic (exact) mass is 1040 g/mol. The van der Waals surface area contributed by atoms with Gasteiger partial charge < -0.3 is 9.80 Å². The van der Waals surface area contributed by atoms with Crippen LogP contribution >= 0.6 is 22.7 Å². The van der Waals surface area contributed by atoms with E-state index in [4.69, 9.17) is 0 Å². The van der Waals surface area contributed by atoms with Gasteiger partial charge in [0.05, 0.1) is 32.1 Å². The lowest BCUT2D eigenvalue weighted by atomic mass is 9.84. The molecular formula is C74H64N2S2. The summed E-state index contributed by atoms with van der Waals surface area (Å²) < 4.78 is 5.16. The van der Waals surface area contributed by atoms with E-state index in [1.54, 1.807) is 0 Å². The molecule has 0 saturated heterocycles. The van der Waals surface area contributed by atoms with Crippen LogP contribution < -0.4 is 9.80 Å². The molecule has 0 atom stereocenters. The van der Waals surface area contributed by atoms with Crippen molar-refractivity contribution in [2.24, 2.45) is 0 Å². The van der Waals surface area contributed by atoms with Crippen LogP contribution in [0.25, 0.3) is 94.9 Å². The summed E-state index contributed by atoms with van der Waals surface area (Å²) in [6.45, 7) is 17.4. The maximum Gasteiger partial charge on any atom is 0.0640 e. The van der Waals surface area contributed by atoms with Gasteiger partial charge >= 0.3 is 0 Å². The Kier molecular flexibility index (Phi) is 13.8. The van der Waals surface area contributed by atoms with Gasteiger partial charge in [0, 0.05) is 53.1 Å². The predicted octanol–water partition coefficient (Wildman–Crippen LogP) is 23.9. The standard InChI is InChI=1S/C70H52N2S2.2C2H6/c1-43(2)59-41-63(71(49-33-29-47(30-34-49)45-17-7-5-8-18-45)61-25-15-23-55-51-21-11-13-27-65(51)73-69(55)61)57-40-38-54-60(44(3)4)42-64(58-39-37-53(59)67(57)68(54)58)72(50-35-31-48(32-36-50)46-19-9-6-10-20-46)62-26-16-24-56-52-22-12-14-28-66(52)74-70(56)62;2*1-2/h5-44H,1-4H3;2*1-2H3. The third-order valence-corrected chi connectivity index (χ3v) is 17.8. The van der Waals surface area contributed by atoms with Crippen LogP contribution in [0.15, 0.2) is 231 Å². The Hall–Kier alpha value is -8.28. The van der Waals surface area contributed by atoms with E-state index in [0.29, 0.717) is 0 Å². The van der Waals surface area contributed by atoms with E-state index < -0.39 is 0 Å². The maximum absolute atomic E-state index is 2.57. The molecule has 12 aromatic carbocycles. The molecule has 0 spiro atoms. The van der Waals surface area contributed by atoms with Crippen LogP contribution in [0.4, 0.5) is 34.1 Å². The summed E-state index contributed by atoms with van der Waals surface area (Å²) in [5.74, 6) is 0.518. The van der Waals surface area contributed by atoms with Crippen LogP contribution in [0.3, 0.4) is 0 Å². The van der Waals surface area contributed by atoms with Crippen molar-refractivity contribution in [2.75, 3.05) is 9.80 Å². The Labute approximate surface area is 467 Å². The van der Waals surface area contributed by atoms with Gasteiger partial charge in [-0.3, -0.25) is 0 Å². The Balaban J connectivity index is 0.00000149. The maximum atomic E-state index is 2.57. The molecule has 2 aromatic heterocycles. The molecule has 14 rings (SSSR count). The minimum Gasteiger partial charge on any atom is -0.308 e. The lowest BCUT2D eigenvalue weighted by Crippen LogP contribution is -2.13. The smallest absolute Gasteiger partial charge is 0.0640 e. The van der Waals surface area contributed by atoms with Gasteiger partial charge in [0.1, 0.15) is 0 Å². The molecule has 0 fully saturated rings. The van der Waals surface area contributed by atoms with Gasteiger partial charge in [0.2, 0.25) is 0 Å². The molecule has 0 aliphatic heterocycles. The van der Waals surface area contributed by atoms with E-state index in [1.807, 2.05) is 50.4 Å². The van der Waals surface area contributed by atoms with Crippen LogP contribution in [0.2, 0.25) is 0 Å². The van der Waals surface area contributed by atoms with Crippen LogP contribution in [0.1, 0.15) is 78.4 Å². The first-order valence-electron chi connectivity index (χ1n) is 27.9. The van der Waals surface area contributed by atoms with Gasteiger partial charge in [-0.05, 0) is 127 Å². The fourth-order valence-electron chi connectivity index (χ4n) is 11.8. The molecule has 0 amide bonds. The van der Waals surface area contributed by atoms with E-state index >= 15 is 0 Å². The average Bonchev–Trinajstić information content (AvgIpc) is 4.18. The number of fused-ring (bicyclic) bond motifs is 6. The van der Waals surface area contributed by atoms with E-state index in [1.165, 1.54) is 129 Å². The summed E-state index contributed by atoms with van der Waals surface area (Å²) in [6, 6.07) is 86.2. The summed E-state index contributed by atoms with van der Waals surface area (Å²) in [4.78, 5) is 5.13. The summed E-state index contributed by atoms with van der Waals surface area (Å²) in [5.41, 5.74) is 14.5. The van der Waals surface area contributed by atoms with E-state index in [-0.39, 0.29) is 11.8 Å². The van der Waals surface area contributed by atoms with Crippen molar-refractivity contribution < 1.29 is 0 Å². The van der Waals surface area contributed by atoms with Crippen LogP contribution in [-0.2, 0) is 0 Å². The zero-order valence-corrected chi connectivity index (χ0v) is 47.4. The Bertz CT molecular complexity index is 4130. The molecule has 0 aliphatic carbocycles. The number of hydrogen-bond donors (Lipinski definition) is 0. The molecule has 4 heteroatoms. The van der Waals surface area contributed by atoms with Crippen molar-refractivity contribution in [2.45, 2.75) is 67.2 Å². The van der Waals surface area contributed by atoms with Gasteiger partial charge in [0.25, 0.3) is 0 Å². The van der Waals surface area contributed by atoms with Crippen molar-refractivity contribution >= 4 is 129 Å². The SMILES string of the molecule is CC.CC.CC(C)c1cc(N(c2ccc(-c3ccccc3)cc2)c2cccc3c2sc2ccccc23)c2ccc3c(C(C)C)cc(N(c4ccc(-c5ccccc5)cc4)c4cccc5c4sc4ccccc45)c4ccc1c2c34. The van der Waals surface area contributed by atoms with E-state index in [0.717, 1.165) is 11.4 Å². The number of rotatable bonds is 10. The number of anilines is 6. The molecule has 78 heavy (non-hydrogen) atoms. The highest BCUT2D eigenvalue weighted by Gasteiger charge is 2.28. The summed E-state index contributed by atoms with van der Waals surface area (Å²) >= 11 is 3.78. The third kappa shape index (κ3) is 8.55. The van der Waals surface area contributed by atoms with Gasteiger partial charge in [-0.15, -0.1) is 22.7 Å². The molecule has 0 bridgehead atoms. The predicted molar refractivity (Wildman–Crippen MR) is 347 cm³/mol. The summed E-state index contributed by atoms with van der Waals surface area (Å²) in [6.07, 6.45) is 0. The first-order chi connectivity index (χ1) is 38.4.